The zero-order chi connectivity index (χ0) is 25.7. The third-order valence-electron chi connectivity index (χ3n) is 4.82. The van der Waals surface area contributed by atoms with Crippen LogP contribution in [0.15, 0.2) is 59.6 Å². The molecule has 2 rings (SSSR count). The number of carbonyl (C=O) groups is 3. The van der Waals surface area contributed by atoms with Crippen LogP contribution >= 0.6 is 0 Å². The Labute approximate surface area is 205 Å². The number of hydrogen-bond donors (Lipinski definition) is 3. The lowest BCUT2D eigenvalue weighted by Gasteiger charge is -2.30. The normalized spacial score (nSPS) is 11.9. The van der Waals surface area contributed by atoms with Crippen LogP contribution in [0.4, 0.5) is 5.82 Å². The largest absolute Gasteiger partial charge is 0.466 e. The number of nitrogens with zero attached hydrogens (tertiary/aromatic N) is 2. The number of aromatic nitrogens is 1. The molecule has 2 amide bonds. The number of nitrogens with one attached hydrogen (secondary N) is 2. The van der Waals surface area contributed by atoms with Crippen LogP contribution < -0.4 is 15.8 Å². The van der Waals surface area contributed by atoms with Gasteiger partial charge in [-0.05, 0) is 44.0 Å². The van der Waals surface area contributed by atoms with Crippen LogP contribution in [-0.4, -0.2) is 61.9 Å². The SMILES string of the molecule is CCOC(=O)C[C@H](NS(=O)(=O)c1ccccc1)N(C(=O)CN)C(=O)CCCCNc1ccccn1. The number of amides is 2. The van der Waals surface area contributed by atoms with Crippen molar-refractivity contribution < 1.29 is 27.5 Å². The van der Waals surface area contributed by atoms with Crippen molar-refractivity contribution in [1.82, 2.24) is 14.6 Å². The van der Waals surface area contributed by atoms with E-state index in [4.69, 9.17) is 10.5 Å². The molecule has 1 aromatic carbocycles. The molecule has 190 valence electrons. The highest BCUT2D eigenvalue weighted by molar-refractivity contribution is 7.89. The molecule has 0 fully saturated rings. The number of nitrogens with two attached hydrogens (primary N) is 1. The van der Waals surface area contributed by atoms with Crippen molar-refractivity contribution in [2.75, 3.05) is 25.0 Å². The molecule has 0 saturated heterocycles. The Morgan fingerprint density at radius 2 is 1.77 bits per heavy atom. The Kier molecular flexibility index (Phi) is 11.3. The Bertz CT molecular complexity index is 1070. The Hall–Kier alpha value is -3.35. The van der Waals surface area contributed by atoms with Gasteiger partial charge >= 0.3 is 5.97 Å². The van der Waals surface area contributed by atoms with Gasteiger partial charge in [-0.1, -0.05) is 24.3 Å². The molecular weight excluding hydrogens is 474 g/mol. The molecule has 0 aliphatic rings. The summed E-state index contributed by atoms with van der Waals surface area (Å²) in [6.45, 7) is 1.65. The Morgan fingerprint density at radius 1 is 1.06 bits per heavy atom. The fraction of sp³-hybridized carbons (Fsp3) is 0.391. The molecule has 12 heteroatoms. The predicted octanol–water partition coefficient (Wildman–Crippen LogP) is 1.24. The van der Waals surface area contributed by atoms with Gasteiger partial charge in [-0.3, -0.25) is 19.3 Å². The molecule has 0 aliphatic carbocycles. The number of carbonyl (C=O) groups excluding carboxylic acids is 3. The minimum absolute atomic E-state index is 0.0535. The number of imide groups is 1. The molecule has 0 aliphatic heterocycles. The van der Waals surface area contributed by atoms with Crippen molar-refractivity contribution in [1.29, 1.82) is 0 Å². The van der Waals surface area contributed by atoms with Crippen LogP contribution in [0.3, 0.4) is 0 Å². The summed E-state index contributed by atoms with van der Waals surface area (Å²) in [5.41, 5.74) is 5.50. The highest BCUT2D eigenvalue weighted by Crippen LogP contribution is 2.14. The molecule has 0 saturated carbocycles. The second-order valence-electron chi connectivity index (χ2n) is 7.42. The maximum atomic E-state index is 13.0. The fourth-order valence-corrected chi connectivity index (χ4v) is 4.40. The number of anilines is 1. The Morgan fingerprint density at radius 3 is 2.40 bits per heavy atom. The maximum absolute atomic E-state index is 13.0. The van der Waals surface area contributed by atoms with Crippen molar-refractivity contribution in [2.24, 2.45) is 5.73 Å². The summed E-state index contributed by atoms with van der Waals surface area (Å²) in [6.07, 6.45) is 0.549. The van der Waals surface area contributed by atoms with Crippen LogP contribution in [-0.2, 0) is 29.1 Å². The average Bonchev–Trinajstić information content (AvgIpc) is 2.85. The maximum Gasteiger partial charge on any atom is 0.309 e. The van der Waals surface area contributed by atoms with Crippen LogP contribution in [0, 0.1) is 0 Å². The number of esters is 1. The van der Waals surface area contributed by atoms with E-state index in [9.17, 15) is 22.8 Å². The summed E-state index contributed by atoms with van der Waals surface area (Å²) < 4.78 is 33.0. The van der Waals surface area contributed by atoms with E-state index in [0.29, 0.717) is 30.1 Å². The van der Waals surface area contributed by atoms with Gasteiger partial charge in [0.1, 0.15) is 12.0 Å². The van der Waals surface area contributed by atoms with Crippen LogP contribution in [0.2, 0.25) is 0 Å². The number of benzene rings is 1. The van der Waals surface area contributed by atoms with Gasteiger partial charge in [0.25, 0.3) is 0 Å². The first-order chi connectivity index (χ1) is 16.8. The smallest absolute Gasteiger partial charge is 0.309 e. The molecule has 1 atom stereocenters. The minimum atomic E-state index is -4.16. The summed E-state index contributed by atoms with van der Waals surface area (Å²) >= 11 is 0. The molecule has 0 radical (unpaired) electrons. The van der Waals surface area contributed by atoms with E-state index in [-0.39, 0.29) is 17.9 Å². The molecule has 2 aromatic rings. The van der Waals surface area contributed by atoms with E-state index in [1.807, 2.05) is 12.1 Å². The minimum Gasteiger partial charge on any atom is -0.466 e. The van der Waals surface area contributed by atoms with Crippen LogP contribution in [0.5, 0.6) is 0 Å². The van der Waals surface area contributed by atoms with Gasteiger partial charge in [0, 0.05) is 19.2 Å². The standard InChI is InChI=1S/C23H31N5O6S/c1-2-34-23(31)16-20(27-35(32,33)18-10-4-3-5-11-18)28(22(30)17-24)21(29)13-7-9-15-26-19-12-6-8-14-25-19/h3-6,8,10-12,14,20,27H,2,7,9,13,15-17,24H2,1H3,(H,25,26)/t20-/m1/s1. The van der Waals surface area contributed by atoms with Gasteiger partial charge in [-0.15, -0.1) is 0 Å². The van der Waals surface area contributed by atoms with Crippen LogP contribution in [0.1, 0.15) is 32.6 Å². The number of sulfonamides is 1. The number of unbranched alkanes of at least 4 members (excludes halogenated alkanes) is 1. The number of pyridine rings is 1. The molecule has 1 aromatic heterocycles. The first-order valence-corrected chi connectivity index (χ1v) is 12.7. The van der Waals surface area contributed by atoms with Crippen molar-refractivity contribution >= 4 is 33.6 Å². The molecule has 0 unspecified atom stereocenters. The average molecular weight is 506 g/mol. The van der Waals surface area contributed by atoms with Gasteiger partial charge in [0.05, 0.1) is 24.5 Å². The number of hydrogen-bond acceptors (Lipinski definition) is 9. The second kappa shape index (κ2) is 14.1. The lowest BCUT2D eigenvalue weighted by Crippen LogP contribution is -2.55. The van der Waals surface area contributed by atoms with Gasteiger partial charge in [0.15, 0.2) is 0 Å². The lowest BCUT2D eigenvalue weighted by molar-refractivity contribution is -0.151. The van der Waals surface area contributed by atoms with Gasteiger partial charge in [-0.25, -0.2) is 13.4 Å². The number of rotatable bonds is 14. The molecule has 11 nitrogen and oxygen atoms in total. The Balaban J connectivity index is 2.13. The quantitative estimate of drug-likeness (QED) is 0.195. The van der Waals surface area contributed by atoms with Crippen molar-refractivity contribution in [3.63, 3.8) is 0 Å². The lowest BCUT2D eigenvalue weighted by atomic mass is 10.2. The van der Waals surface area contributed by atoms with Gasteiger partial charge < -0.3 is 15.8 Å². The second-order valence-corrected chi connectivity index (χ2v) is 9.13. The van der Waals surface area contributed by atoms with Gasteiger partial charge in [-0.2, -0.15) is 4.72 Å². The zero-order valence-corrected chi connectivity index (χ0v) is 20.4. The third-order valence-corrected chi connectivity index (χ3v) is 6.30. The first kappa shape index (κ1) is 27.9. The highest BCUT2D eigenvalue weighted by Gasteiger charge is 2.34. The summed E-state index contributed by atoms with van der Waals surface area (Å²) in [4.78, 5) is 42.6. The number of ether oxygens (including phenoxy) is 1. The van der Waals surface area contributed by atoms with E-state index >= 15 is 0 Å². The zero-order valence-electron chi connectivity index (χ0n) is 19.6. The summed E-state index contributed by atoms with van der Waals surface area (Å²) in [5, 5.41) is 3.12. The summed E-state index contributed by atoms with van der Waals surface area (Å²) in [5.74, 6) is -1.53. The summed E-state index contributed by atoms with van der Waals surface area (Å²) in [6, 6.07) is 12.9. The molecular formula is C23H31N5O6S. The third kappa shape index (κ3) is 9.08. The molecule has 4 N–H and O–H groups in total. The van der Waals surface area contributed by atoms with E-state index in [1.165, 1.54) is 24.3 Å². The molecule has 1 heterocycles. The van der Waals surface area contributed by atoms with E-state index in [2.05, 4.69) is 15.0 Å². The van der Waals surface area contributed by atoms with E-state index < -0.39 is 46.9 Å². The molecule has 0 spiro atoms. The predicted molar refractivity (Wildman–Crippen MR) is 129 cm³/mol. The monoisotopic (exact) mass is 505 g/mol. The van der Waals surface area contributed by atoms with Crippen LogP contribution in [0.25, 0.3) is 0 Å². The van der Waals surface area contributed by atoms with Crippen molar-refractivity contribution in [3.8, 4) is 0 Å². The van der Waals surface area contributed by atoms with E-state index in [1.54, 1.807) is 25.3 Å². The highest BCUT2D eigenvalue weighted by atomic mass is 32.2. The van der Waals surface area contributed by atoms with Gasteiger partial charge in [0.2, 0.25) is 21.8 Å². The van der Waals surface area contributed by atoms with Crippen molar-refractivity contribution in [2.45, 2.75) is 43.7 Å². The van der Waals surface area contributed by atoms with Crippen molar-refractivity contribution in [3.05, 3.63) is 54.7 Å². The molecule has 35 heavy (non-hydrogen) atoms. The molecule has 0 bridgehead atoms. The van der Waals surface area contributed by atoms with E-state index in [0.717, 1.165) is 0 Å². The fourth-order valence-electron chi connectivity index (χ4n) is 3.20. The summed E-state index contributed by atoms with van der Waals surface area (Å²) in [7, 11) is -4.16. The topological polar surface area (TPSA) is 161 Å². The first-order valence-electron chi connectivity index (χ1n) is 11.2.